The molecule has 0 aromatic carbocycles. The molecule has 2 nitrogen and oxygen atoms in total. The molecule has 3 aliphatic heterocycles. The van der Waals surface area contributed by atoms with E-state index in [0.29, 0.717) is 0 Å². The fraction of sp³-hybridized carbons (Fsp3) is 1.00. The van der Waals surface area contributed by atoms with Gasteiger partial charge >= 0.3 is 0 Å². The largest absolute Gasteiger partial charge is 0.313 e. The topological polar surface area (TPSA) is 29.3 Å². The molecular formula is C9H18N2. The molecular weight excluding hydrogens is 136 g/mol. The molecule has 0 spiro atoms. The fourth-order valence-electron chi connectivity index (χ4n) is 2.39. The summed E-state index contributed by atoms with van der Waals surface area (Å²) in [6.07, 6.45) is 5.31. The van der Waals surface area contributed by atoms with Crippen LogP contribution in [0.1, 0.15) is 32.6 Å². The summed E-state index contributed by atoms with van der Waals surface area (Å²) in [6.45, 7) is 4.65. The van der Waals surface area contributed by atoms with Gasteiger partial charge in [0.1, 0.15) is 0 Å². The van der Waals surface area contributed by atoms with Crippen LogP contribution in [0.5, 0.6) is 0 Å². The van der Waals surface area contributed by atoms with Crippen molar-refractivity contribution in [2.45, 2.75) is 38.3 Å². The maximum absolute atomic E-state index is 6.19. The third kappa shape index (κ3) is 1.30. The van der Waals surface area contributed by atoms with E-state index >= 15 is 0 Å². The molecule has 2 N–H and O–H groups in total. The van der Waals surface area contributed by atoms with Gasteiger partial charge in [-0.15, -0.1) is 0 Å². The van der Waals surface area contributed by atoms with Gasteiger partial charge < -0.3 is 5.73 Å². The highest BCUT2D eigenvalue weighted by molar-refractivity contribution is 4.89. The first kappa shape index (κ1) is 7.56. The van der Waals surface area contributed by atoms with Crippen LogP contribution in [0.3, 0.4) is 0 Å². The van der Waals surface area contributed by atoms with Crippen LogP contribution in [-0.2, 0) is 0 Å². The molecule has 2 heteroatoms. The highest BCUT2D eigenvalue weighted by Crippen LogP contribution is 2.33. The minimum Gasteiger partial charge on any atom is -0.313 e. The van der Waals surface area contributed by atoms with E-state index in [1.165, 1.54) is 38.8 Å². The summed E-state index contributed by atoms with van der Waals surface area (Å²) in [7, 11) is 0. The van der Waals surface area contributed by atoms with Crippen LogP contribution in [0.15, 0.2) is 0 Å². The molecule has 3 heterocycles. The molecule has 0 saturated carbocycles. The second-order valence-electron chi connectivity index (χ2n) is 4.33. The van der Waals surface area contributed by atoms with Crippen molar-refractivity contribution in [1.82, 2.24) is 4.90 Å². The SMILES string of the molecule is CC1(N)CCC2CCN1CC2. The van der Waals surface area contributed by atoms with Gasteiger partial charge in [0.05, 0.1) is 5.66 Å². The molecule has 3 saturated heterocycles. The highest BCUT2D eigenvalue weighted by atomic mass is 15.3. The molecule has 3 fully saturated rings. The maximum atomic E-state index is 6.19. The molecule has 0 radical (unpaired) electrons. The third-order valence-corrected chi connectivity index (χ3v) is 3.40. The molecule has 0 amide bonds. The van der Waals surface area contributed by atoms with Crippen LogP contribution in [0, 0.1) is 5.92 Å². The molecule has 1 atom stereocenters. The van der Waals surface area contributed by atoms with E-state index in [0.717, 1.165) is 5.92 Å². The molecule has 2 bridgehead atoms. The van der Waals surface area contributed by atoms with Crippen molar-refractivity contribution in [2.24, 2.45) is 11.7 Å². The zero-order valence-corrected chi connectivity index (χ0v) is 7.34. The van der Waals surface area contributed by atoms with Crippen LogP contribution in [0.4, 0.5) is 0 Å². The Balaban J connectivity index is 2.15. The monoisotopic (exact) mass is 154 g/mol. The van der Waals surface area contributed by atoms with Crippen LogP contribution >= 0.6 is 0 Å². The van der Waals surface area contributed by atoms with E-state index in [-0.39, 0.29) is 5.66 Å². The number of nitrogens with two attached hydrogens (primary N) is 1. The number of hydrogen-bond acceptors (Lipinski definition) is 2. The minimum atomic E-state index is 0.00521. The summed E-state index contributed by atoms with van der Waals surface area (Å²) in [5.41, 5.74) is 6.19. The highest BCUT2D eigenvalue weighted by Gasteiger charge is 2.35. The number of piperidine rings is 1. The van der Waals surface area contributed by atoms with Crippen molar-refractivity contribution < 1.29 is 0 Å². The van der Waals surface area contributed by atoms with E-state index in [1.807, 2.05) is 0 Å². The number of fused-ring (bicyclic) bond motifs is 4. The first-order valence-electron chi connectivity index (χ1n) is 4.72. The van der Waals surface area contributed by atoms with Gasteiger partial charge in [0, 0.05) is 13.1 Å². The molecule has 0 aromatic rings. The lowest BCUT2D eigenvalue weighted by molar-refractivity contribution is 0.0985. The summed E-state index contributed by atoms with van der Waals surface area (Å²) in [5, 5.41) is 0. The van der Waals surface area contributed by atoms with Gasteiger partial charge in [0.15, 0.2) is 0 Å². The molecule has 1 unspecified atom stereocenters. The standard InChI is InChI=1S/C9H18N2/c1-9(10)5-2-8-3-6-11(9)7-4-8/h8H,2-7,10H2,1H3. The first-order chi connectivity index (χ1) is 5.18. The quantitative estimate of drug-likeness (QED) is 0.567. The smallest absolute Gasteiger partial charge is 0.0658 e. The van der Waals surface area contributed by atoms with Crippen molar-refractivity contribution in [1.29, 1.82) is 0 Å². The van der Waals surface area contributed by atoms with Gasteiger partial charge in [-0.05, 0) is 38.5 Å². The van der Waals surface area contributed by atoms with E-state index in [1.54, 1.807) is 0 Å². The predicted molar refractivity (Wildman–Crippen MR) is 46.1 cm³/mol. The minimum absolute atomic E-state index is 0.00521. The first-order valence-corrected chi connectivity index (χ1v) is 4.72. The van der Waals surface area contributed by atoms with E-state index in [9.17, 15) is 0 Å². The van der Waals surface area contributed by atoms with Crippen LogP contribution in [-0.4, -0.2) is 23.7 Å². The normalized spacial score (nSPS) is 50.7. The van der Waals surface area contributed by atoms with E-state index in [4.69, 9.17) is 5.73 Å². The lowest BCUT2D eigenvalue weighted by Crippen LogP contribution is -2.53. The summed E-state index contributed by atoms with van der Waals surface area (Å²) in [4.78, 5) is 2.45. The third-order valence-electron chi connectivity index (χ3n) is 3.40. The van der Waals surface area contributed by atoms with Gasteiger partial charge in [-0.2, -0.15) is 0 Å². The van der Waals surface area contributed by atoms with Gasteiger partial charge in [0.2, 0.25) is 0 Å². The number of rotatable bonds is 0. The second kappa shape index (κ2) is 2.46. The summed E-state index contributed by atoms with van der Waals surface area (Å²) >= 11 is 0. The number of hydrogen-bond donors (Lipinski definition) is 1. The zero-order valence-electron chi connectivity index (χ0n) is 7.34. The van der Waals surface area contributed by atoms with Gasteiger partial charge in [0.25, 0.3) is 0 Å². The number of nitrogens with zero attached hydrogens (tertiary/aromatic N) is 1. The van der Waals surface area contributed by atoms with Crippen molar-refractivity contribution in [3.8, 4) is 0 Å². The van der Waals surface area contributed by atoms with Crippen molar-refractivity contribution in [3.63, 3.8) is 0 Å². The lowest BCUT2D eigenvalue weighted by atomic mass is 9.95. The molecule has 0 aliphatic carbocycles. The van der Waals surface area contributed by atoms with Gasteiger partial charge in [-0.1, -0.05) is 0 Å². The van der Waals surface area contributed by atoms with Gasteiger partial charge in [-0.3, -0.25) is 4.90 Å². The van der Waals surface area contributed by atoms with E-state index in [2.05, 4.69) is 11.8 Å². The maximum Gasteiger partial charge on any atom is 0.0658 e. The lowest BCUT2D eigenvalue weighted by Gasteiger charge is -2.37. The summed E-state index contributed by atoms with van der Waals surface area (Å²) < 4.78 is 0. The van der Waals surface area contributed by atoms with Crippen molar-refractivity contribution in [3.05, 3.63) is 0 Å². The predicted octanol–water partition coefficient (Wildman–Crippen LogP) is 1.17. The van der Waals surface area contributed by atoms with Crippen LogP contribution < -0.4 is 5.73 Å². The van der Waals surface area contributed by atoms with Crippen molar-refractivity contribution in [2.75, 3.05) is 13.1 Å². The van der Waals surface area contributed by atoms with E-state index < -0.39 is 0 Å². The Morgan fingerprint density at radius 3 is 2.55 bits per heavy atom. The summed E-state index contributed by atoms with van der Waals surface area (Å²) in [5.74, 6) is 0.983. The molecule has 3 aliphatic rings. The molecule has 0 aromatic heterocycles. The Bertz CT molecular complexity index is 146. The van der Waals surface area contributed by atoms with Crippen LogP contribution in [0.2, 0.25) is 0 Å². The Hall–Kier alpha value is -0.0800. The Morgan fingerprint density at radius 2 is 1.91 bits per heavy atom. The molecule has 11 heavy (non-hydrogen) atoms. The Labute approximate surface area is 68.7 Å². The average Bonchev–Trinajstić information content (AvgIpc) is 2.21. The van der Waals surface area contributed by atoms with Gasteiger partial charge in [-0.25, -0.2) is 0 Å². The zero-order chi connectivity index (χ0) is 7.90. The average molecular weight is 154 g/mol. The molecule has 64 valence electrons. The van der Waals surface area contributed by atoms with Crippen LogP contribution in [0.25, 0.3) is 0 Å². The second-order valence-corrected chi connectivity index (χ2v) is 4.33. The van der Waals surface area contributed by atoms with Crippen molar-refractivity contribution >= 4 is 0 Å². The Morgan fingerprint density at radius 1 is 1.27 bits per heavy atom. The Kier molecular flexibility index (Phi) is 1.69. The summed E-state index contributed by atoms with van der Waals surface area (Å²) in [6, 6.07) is 0. The molecule has 3 rings (SSSR count). The fourth-order valence-corrected chi connectivity index (χ4v) is 2.39.